The molecule has 0 saturated carbocycles. The van der Waals surface area contributed by atoms with Crippen LogP contribution >= 0.6 is 8.17 Å². The molecule has 0 aliphatic rings. The van der Waals surface area contributed by atoms with Crippen molar-refractivity contribution in [1.82, 2.24) is 0 Å². The van der Waals surface area contributed by atoms with Gasteiger partial charge in [-0.15, -0.1) is 0 Å². The van der Waals surface area contributed by atoms with Gasteiger partial charge >= 0.3 is 14.1 Å². The molecule has 0 radical (unpaired) electrons. The number of hydrogen-bond acceptors (Lipinski definition) is 6. The van der Waals surface area contributed by atoms with Crippen molar-refractivity contribution in [2.24, 2.45) is 0 Å². The molecule has 0 fully saturated rings. The molecule has 0 heterocycles. The summed E-state index contributed by atoms with van der Waals surface area (Å²) in [5.74, 6) is -0.208. The molecule has 1 rings (SSSR count). The van der Waals surface area contributed by atoms with Crippen LogP contribution in [0.2, 0.25) is 0 Å². The summed E-state index contributed by atoms with van der Waals surface area (Å²) in [6.07, 6.45) is 16.2. The van der Waals surface area contributed by atoms with Crippen molar-refractivity contribution < 1.29 is 38.3 Å². The first-order chi connectivity index (χ1) is 17.9. The van der Waals surface area contributed by atoms with Gasteiger partial charge in [0.1, 0.15) is 13.2 Å². The molecule has 1 aromatic rings. The molecule has 0 aliphatic carbocycles. The van der Waals surface area contributed by atoms with Crippen LogP contribution in [0, 0.1) is 10.1 Å². The predicted molar refractivity (Wildman–Crippen MR) is 150 cm³/mol. The summed E-state index contributed by atoms with van der Waals surface area (Å²) < 4.78 is 10.8. The van der Waals surface area contributed by atoms with Crippen molar-refractivity contribution in [3.05, 3.63) is 28.3 Å². The fourth-order valence-corrected chi connectivity index (χ4v) is 4.69. The van der Waals surface area contributed by atoms with Gasteiger partial charge in [-0.2, -0.15) is 14.4 Å². The van der Waals surface area contributed by atoms with E-state index in [1.165, 1.54) is 70.3 Å². The second-order valence-electron chi connectivity index (χ2n) is 10.9. The number of phosphoric ester groups is 1. The Morgan fingerprint density at radius 2 is 1.50 bits per heavy atom. The van der Waals surface area contributed by atoms with Crippen LogP contribution in [0.3, 0.4) is 0 Å². The maximum atomic E-state index is 12.4. The van der Waals surface area contributed by atoms with E-state index in [4.69, 9.17) is 9.05 Å². The molecule has 0 saturated heterocycles. The lowest BCUT2D eigenvalue weighted by atomic mass is 10.0. The monoisotopic (exact) mass is 559 g/mol. The maximum absolute atomic E-state index is 12.4. The zero-order chi connectivity index (χ0) is 28.4. The molecule has 11 heteroatoms. The number of quaternary nitrogens is 1. The number of nitrogens with zero attached hydrogens (tertiary/aromatic N) is 2. The van der Waals surface area contributed by atoms with E-state index in [1.54, 1.807) is 0 Å². The van der Waals surface area contributed by atoms with Crippen LogP contribution in [0.5, 0.6) is 5.75 Å². The van der Waals surface area contributed by atoms with Gasteiger partial charge in [0.05, 0.1) is 38.6 Å². The van der Waals surface area contributed by atoms with Crippen LogP contribution in [-0.2, 0) is 4.52 Å². The van der Waals surface area contributed by atoms with Gasteiger partial charge in [-0.25, -0.2) is 0 Å². The number of non-ortho nitro benzene ring substituents is 1. The summed E-state index contributed by atoms with van der Waals surface area (Å²) in [7, 11) is 1.28. The lowest BCUT2D eigenvalue weighted by Crippen LogP contribution is -2.66. The van der Waals surface area contributed by atoms with E-state index in [2.05, 4.69) is 11.9 Å². The molecule has 218 valence electrons. The molecule has 1 aromatic carbocycles. The number of nitrogens with one attached hydrogen (secondary N) is 1. The SMILES string of the molecule is CCCCCCCCCCCCCCCC(O)=[NH+]c1cc([N+](=O)[O-])ccc1O[P+]([O-])(O)OCC[N+](C)(C)C. The largest absolute Gasteiger partial charge is 0.598 e. The number of likely N-dealkylation sites (N-methyl/N-ethyl adjacent to an activating group) is 1. The number of nitro benzene ring substituents is 1. The Labute approximate surface area is 229 Å². The molecule has 0 amide bonds. The number of rotatable bonds is 22. The van der Waals surface area contributed by atoms with Crippen molar-refractivity contribution in [1.29, 1.82) is 0 Å². The fraction of sp³-hybridized carbons (Fsp3) is 0.741. The summed E-state index contributed by atoms with van der Waals surface area (Å²) in [4.78, 5) is 35.9. The number of benzene rings is 1. The second-order valence-corrected chi connectivity index (χ2v) is 12.3. The molecular formula is C27H50N3O7P+2. The summed E-state index contributed by atoms with van der Waals surface area (Å²) in [5, 5.41) is 21.6. The minimum atomic E-state index is -4.47. The van der Waals surface area contributed by atoms with Gasteiger partial charge in [-0.3, -0.25) is 14.6 Å². The molecule has 0 bridgehead atoms. The van der Waals surface area contributed by atoms with Gasteiger partial charge in [0.2, 0.25) is 0 Å². The maximum Gasteiger partial charge on any atom is 0.427 e. The van der Waals surface area contributed by atoms with Crippen LogP contribution in [0.15, 0.2) is 18.2 Å². The van der Waals surface area contributed by atoms with Gasteiger partial charge < -0.3 is 14.5 Å². The Morgan fingerprint density at radius 3 is 2.00 bits per heavy atom. The van der Waals surface area contributed by atoms with Crippen LogP contribution in [0.1, 0.15) is 96.8 Å². The van der Waals surface area contributed by atoms with Gasteiger partial charge in [-0.05, 0) is 12.5 Å². The molecule has 38 heavy (non-hydrogen) atoms. The molecule has 3 N–H and O–H groups in total. The highest BCUT2D eigenvalue weighted by atomic mass is 31.2. The van der Waals surface area contributed by atoms with E-state index < -0.39 is 13.1 Å². The highest BCUT2D eigenvalue weighted by Gasteiger charge is 2.33. The van der Waals surface area contributed by atoms with E-state index in [9.17, 15) is 25.0 Å². The van der Waals surface area contributed by atoms with Gasteiger partial charge in [0.15, 0.2) is 0 Å². The summed E-state index contributed by atoms with van der Waals surface area (Å²) >= 11 is 0. The minimum Gasteiger partial charge on any atom is -0.598 e. The smallest absolute Gasteiger partial charge is 0.427 e. The van der Waals surface area contributed by atoms with E-state index in [-0.39, 0.29) is 29.6 Å². The summed E-state index contributed by atoms with van der Waals surface area (Å²) in [6, 6.07) is 3.53. The van der Waals surface area contributed by atoms with Crippen LogP contribution in [0.4, 0.5) is 11.4 Å². The van der Waals surface area contributed by atoms with Crippen LogP contribution < -0.4 is 14.4 Å². The summed E-state index contributed by atoms with van der Waals surface area (Å²) in [6.45, 7) is 2.71. The van der Waals surface area contributed by atoms with Crippen LogP contribution in [0.25, 0.3) is 0 Å². The van der Waals surface area contributed by atoms with Gasteiger partial charge in [-0.1, -0.05) is 84.0 Å². The average Bonchev–Trinajstić information content (AvgIpc) is 2.81. The van der Waals surface area contributed by atoms with E-state index in [0.29, 0.717) is 17.4 Å². The topological polar surface area (TPSA) is 139 Å². The number of nitro groups is 1. The average molecular weight is 560 g/mol. The molecule has 0 aliphatic heterocycles. The lowest BCUT2D eigenvalue weighted by Gasteiger charge is -2.25. The Morgan fingerprint density at radius 1 is 0.974 bits per heavy atom. The first-order valence-corrected chi connectivity index (χ1v) is 15.5. The third-order valence-electron chi connectivity index (χ3n) is 6.20. The zero-order valence-corrected chi connectivity index (χ0v) is 24.7. The van der Waals surface area contributed by atoms with E-state index in [1.807, 2.05) is 21.1 Å². The third kappa shape index (κ3) is 16.9. The van der Waals surface area contributed by atoms with Gasteiger partial charge in [0.25, 0.3) is 17.1 Å². The Balaban J connectivity index is 2.51. The predicted octanol–water partition coefficient (Wildman–Crippen LogP) is 4.88. The highest BCUT2D eigenvalue weighted by molar-refractivity contribution is 7.53. The van der Waals surface area contributed by atoms with Gasteiger partial charge in [0, 0.05) is 6.07 Å². The Hall–Kier alpha value is -1.84. The first kappa shape index (κ1) is 34.2. The fourth-order valence-electron chi connectivity index (χ4n) is 3.92. The van der Waals surface area contributed by atoms with Crippen molar-refractivity contribution in [3.63, 3.8) is 0 Å². The zero-order valence-electron chi connectivity index (χ0n) is 23.8. The molecule has 10 nitrogen and oxygen atoms in total. The van der Waals surface area contributed by atoms with Crippen molar-refractivity contribution >= 4 is 25.4 Å². The highest BCUT2D eigenvalue weighted by Crippen LogP contribution is 2.49. The van der Waals surface area contributed by atoms with Crippen LogP contribution in [-0.4, -0.2) is 59.6 Å². The minimum absolute atomic E-state index is 0.0105. The molecule has 0 aromatic heterocycles. The molecular weight excluding hydrogens is 509 g/mol. The number of aliphatic hydroxyl groups excluding tert-OH is 1. The second kappa shape index (κ2) is 18.4. The number of aliphatic hydroxyl groups is 1. The molecule has 1 unspecified atom stereocenters. The van der Waals surface area contributed by atoms with Crippen molar-refractivity contribution in [3.8, 4) is 5.75 Å². The third-order valence-corrected chi connectivity index (χ3v) is 7.14. The van der Waals surface area contributed by atoms with Crippen molar-refractivity contribution in [2.45, 2.75) is 96.8 Å². The molecule has 1 atom stereocenters. The van der Waals surface area contributed by atoms with E-state index >= 15 is 0 Å². The molecule has 0 spiro atoms. The van der Waals surface area contributed by atoms with E-state index in [0.717, 1.165) is 31.4 Å². The number of unbranched alkanes of at least 4 members (excludes halogenated alkanes) is 12. The lowest BCUT2D eigenvalue weighted by molar-refractivity contribution is -0.870. The normalized spacial score (nSPS) is 13.9. The Bertz CT molecular complexity index is 844. The number of phosphoric acid groups is 1. The summed E-state index contributed by atoms with van der Waals surface area (Å²) in [5.41, 5.74) is -0.219. The Kier molecular flexibility index (Phi) is 16.6. The standard InChI is InChI=1S/C27H48N3O7P/c1-5-6-7-8-9-10-11-12-13-14-15-16-17-18-27(31)28-25-23-24(29(32)33)19-20-26(25)37-38(34,35)36-22-21-30(2,3)4/h19-20,23H,5-18,21-22H2,1-4H3,(H-,28,31,34,35)/p+2. The first-order valence-electron chi connectivity index (χ1n) is 14.0. The quantitative estimate of drug-likeness (QED) is 0.0350. The van der Waals surface area contributed by atoms with Crippen molar-refractivity contribution in [2.75, 3.05) is 34.3 Å². The number of hydrogen-bond donors (Lipinski definition) is 3.